The Morgan fingerprint density at radius 1 is 0.656 bits per heavy atom. The van der Waals surface area contributed by atoms with Crippen molar-refractivity contribution in [3.8, 4) is 0 Å². The maximum atomic E-state index is 10.5. The van der Waals surface area contributed by atoms with Gasteiger partial charge in [-0.1, -0.05) is 10.2 Å². The second-order valence-corrected chi connectivity index (χ2v) is 9.48. The van der Waals surface area contributed by atoms with Crippen molar-refractivity contribution < 1.29 is 28.8 Å². The van der Waals surface area contributed by atoms with Gasteiger partial charge in [0.05, 0.1) is 6.61 Å². The molecule has 0 aromatic heterocycles. The average Bonchev–Trinajstić information content (AvgIpc) is 3.27. The second kappa shape index (κ2) is 9.70. The van der Waals surface area contributed by atoms with Gasteiger partial charge in [0.2, 0.25) is 0 Å². The fourth-order valence-electron chi connectivity index (χ4n) is 5.81. The highest BCUT2D eigenvalue weighted by atomic mass is 16.8. The van der Waals surface area contributed by atoms with Crippen LogP contribution in [-0.4, -0.2) is 67.1 Å². The molecule has 32 heavy (non-hydrogen) atoms. The zero-order valence-corrected chi connectivity index (χ0v) is 17.9. The van der Waals surface area contributed by atoms with Crippen molar-refractivity contribution in [3.63, 3.8) is 0 Å². The van der Waals surface area contributed by atoms with Gasteiger partial charge in [0.25, 0.3) is 0 Å². The molecule has 176 valence electrons. The molecular formula is C20H30N6O6. The highest BCUT2D eigenvalue weighted by molar-refractivity contribution is 4.98. The van der Waals surface area contributed by atoms with E-state index in [0.29, 0.717) is 6.61 Å². The van der Waals surface area contributed by atoms with E-state index in [1.165, 1.54) is 0 Å². The lowest BCUT2D eigenvalue weighted by Gasteiger charge is -2.46. The van der Waals surface area contributed by atoms with E-state index in [-0.39, 0.29) is 36.3 Å². The van der Waals surface area contributed by atoms with E-state index in [9.17, 15) is 5.11 Å². The molecular weight excluding hydrogens is 420 g/mol. The molecule has 7 unspecified atom stereocenters. The van der Waals surface area contributed by atoms with Gasteiger partial charge in [-0.2, -0.15) is 0 Å². The Morgan fingerprint density at radius 3 is 1.78 bits per heavy atom. The fourth-order valence-corrected chi connectivity index (χ4v) is 5.81. The lowest BCUT2D eigenvalue weighted by atomic mass is 9.85. The molecule has 5 fully saturated rings. The monoisotopic (exact) mass is 450 g/mol. The van der Waals surface area contributed by atoms with Crippen LogP contribution in [0.25, 0.3) is 20.9 Å². The molecule has 0 aromatic carbocycles. The summed E-state index contributed by atoms with van der Waals surface area (Å²) in [4.78, 5) is 5.84. The Morgan fingerprint density at radius 2 is 1.19 bits per heavy atom. The molecule has 0 spiro atoms. The van der Waals surface area contributed by atoms with Gasteiger partial charge in [0.1, 0.15) is 24.4 Å². The molecule has 3 heterocycles. The van der Waals surface area contributed by atoms with E-state index in [4.69, 9.17) is 34.7 Å². The predicted octanol–water partition coefficient (Wildman–Crippen LogP) is 3.29. The van der Waals surface area contributed by atoms with Gasteiger partial charge >= 0.3 is 0 Å². The summed E-state index contributed by atoms with van der Waals surface area (Å²) in [6.45, 7) is 0.331. The number of aliphatic hydroxyl groups is 1. The Labute approximate surface area is 185 Å². The molecule has 3 aliphatic heterocycles. The van der Waals surface area contributed by atoms with Gasteiger partial charge in [0.15, 0.2) is 18.9 Å². The number of fused-ring (bicyclic) bond motifs is 3. The third kappa shape index (κ3) is 4.42. The minimum Gasteiger partial charge on any atom is -0.366 e. The van der Waals surface area contributed by atoms with Crippen molar-refractivity contribution in [3.05, 3.63) is 20.9 Å². The lowest BCUT2D eigenvalue weighted by molar-refractivity contribution is -0.346. The molecule has 1 N–H and O–H groups in total. The second-order valence-electron chi connectivity index (χ2n) is 9.48. The third-order valence-electron chi connectivity index (χ3n) is 7.59. The first-order chi connectivity index (χ1) is 15.7. The molecule has 0 amide bonds. The first kappa shape index (κ1) is 22.2. The number of aliphatic hydroxyl groups excluding tert-OH is 1. The van der Waals surface area contributed by atoms with Crippen molar-refractivity contribution in [2.75, 3.05) is 6.61 Å². The summed E-state index contributed by atoms with van der Waals surface area (Å²) >= 11 is 0. The van der Waals surface area contributed by atoms with E-state index in [2.05, 4.69) is 20.1 Å². The Kier molecular flexibility index (Phi) is 6.73. The van der Waals surface area contributed by atoms with Crippen LogP contribution in [-0.2, 0) is 23.7 Å². The summed E-state index contributed by atoms with van der Waals surface area (Å²) in [5, 5.41) is 18.2. The molecule has 3 saturated heterocycles. The maximum absolute atomic E-state index is 10.5. The normalized spacial score (nSPS) is 48.6. The summed E-state index contributed by atoms with van der Waals surface area (Å²) in [5.74, 6) is 0.406. The number of azide groups is 2. The topological polar surface area (TPSA) is 164 Å². The van der Waals surface area contributed by atoms with Gasteiger partial charge in [-0.3, -0.25) is 0 Å². The molecule has 0 radical (unpaired) electrons. The molecule has 5 rings (SSSR count). The summed E-state index contributed by atoms with van der Waals surface area (Å²) in [6, 6.07) is 0.0816. The summed E-state index contributed by atoms with van der Waals surface area (Å²) < 4.78 is 30.5. The number of hydrogen-bond acceptors (Lipinski definition) is 8. The minimum atomic E-state index is -1.09. The van der Waals surface area contributed by atoms with E-state index in [1.807, 2.05) is 0 Å². The van der Waals surface area contributed by atoms with Crippen LogP contribution in [0.3, 0.4) is 0 Å². The number of ether oxygens (including phenoxy) is 5. The quantitative estimate of drug-likeness (QED) is 0.392. The average molecular weight is 450 g/mol. The number of rotatable bonds is 4. The van der Waals surface area contributed by atoms with Crippen LogP contribution in [0.1, 0.15) is 51.4 Å². The van der Waals surface area contributed by atoms with Crippen molar-refractivity contribution in [2.45, 2.75) is 107 Å². The maximum Gasteiger partial charge on any atom is 0.184 e. The van der Waals surface area contributed by atoms with Crippen LogP contribution < -0.4 is 0 Å². The van der Waals surface area contributed by atoms with Crippen molar-refractivity contribution in [1.82, 2.24) is 0 Å². The number of hydrogen-bond donors (Lipinski definition) is 1. The molecule has 7 atom stereocenters. The standard InChI is InChI=1S/C20H30N6O6/c21-25-23-12-5-1-10(2-6-12)19-28-9-14-15(30-19)16-17(18(27)29-14)32-20(31-16)11-3-7-13(8-4-11)24-26-22/h10-20,27H,1-9H2. The Bertz CT molecular complexity index is 760. The SMILES string of the molecule is [N-]=[N+]=NC1CCC(C2OCC3OC(O)C4OC(C5CCC(N=[N+]=[N-])CC5)OC4C3O2)CC1. The summed E-state index contributed by atoms with van der Waals surface area (Å²) in [5.41, 5.74) is 17.3. The van der Waals surface area contributed by atoms with Gasteiger partial charge in [0, 0.05) is 33.7 Å². The zero-order chi connectivity index (χ0) is 22.1. The van der Waals surface area contributed by atoms with Crippen LogP contribution in [0.4, 0.5) is 0 Å². The molecule has 2 saturated carbocycles. The number of nitrogens with zero attached hydrogens (tertiary/aromatic N) is 6. The first-order valence-corrected chi connectivity index (χ1v) is 11.7. The first-order valence-electron chi connectivity index (χ1n) is 11.7. The Hall–Kier alpha value is -1.62. The van der Waals surface area contributed by atoms with Crippen LogP contribution in [0.5, 0.6) is 0 Å². The zero-order valence-electron chi connectivity index (χ0n) is 17.9. The fraction of sp³-hybridized carbons (Fsp3) is 1.00. The highest BCUT2D eigenvalue weighted by Gasteiger charge is 2.56. The summed E-state index contributed by atoms with van der Waals surface area (Å²) in [6.07, 6.45) is 3.01. The van der Waals surface area contributed by atoms with Crippen LogP contribution in [0, 0.1) is 11.8 Å². The minimum absolute atomic E-state index is 0.0340. The molecule has 5 aliphatic rings. The molecule has 0 aromatic rings. The largest absolute Gasteiger partial charge is 0.366 e. The van der Waals surface area contributed by atoms with Gasteiger partial charge in [-0.05, 0) is 62.4 Å². The van der Waals surface area contributed by atoms with E-state index in [1.54, 1.807) is 0 Å². The summed E-state index contributed by atoms with van der Waals surface area (Å²) in [7, 11) is 0. The highest BCUT2D eigenvalue weighted by Crippen LogP contribution is 2.42. The molecule has 2 aliphatic carbocycles. The van der Waals surface area contributed by atoms with Crippen LogP contribution in [0.2, 0.25) is 0 Å². The van der Waals surface area contributed by atoms with E-state index >= 15 is 0 Å². The van der Waals surface area contributed by atoms with Crippen molar-refractivity contribution >= 4 is 0 Å². The predicted molar refractivity (Wildman–Crippen MR) is 109 cm³/mol. The van der Waals surface area contributed by atoms with Crippen LogP contribution >= 0.6 is 0 Å². The Balaban J connectivity index is 1.21. The lowest BCUT2D eigenvalue weighted by Crippen LogP contribution is -2.62. The van der Waals surface area contributed by atoms with Crippen molar-refractivity contribution in [1.29, 1.82) is 0 Å². The molecule has 12 nitrogen and oxygen atoms in total. The van der Waals surface area contributed by atoms with Crippen molar-refractivity contribution in [2.24, 2.45) is 22.1 Å². The van der Waals surface area contributed by atoms with Gasteiger partial charge < -0.3 is 28.8 Å². The molecule has 0 bridgehead atoms. The van der Waals surface area contributed by atoms with Gasteiger partial charge in [-0.15, -0.1) is 0 Å². The van der Waals surface area contributed by atoms with E-state index in [0.717, 1.165) is 51.4 Å². The van der Waals surface area contributed by atoms with Crippen LogP contribution in [0.15, 0.2) is 10.2 Å². The molecule has 12 heteroatoms. The smallest absolute Gasteiger partial charge is 0.184 e. The van der Waals surface area contributed by atoms with E-state index < -0.39 is 30.9 Å². The van der Waals surface area contributed by atoms with Gasteiger partial charge in [-0.25, -0.2) is 0 Å². The third-order valence-corrected chi connectivity index (χ3v) is 7.59.